The van der Waals surface area contributed by atoms with Crippen LogP contribution in [0.25, 0.3) is 0 Å². The quantitative estimate of drug-likeness (QED) is 0.863. The van der Waals surface area contributed by atoms with Gasteiger partial charge in [0.05, 0.1) is 4.90 Å². The lowest BCUT2D eigenvalue weighted by molar-refractivity contribution is 0.295. The molecule has 0 fully saturated rings. The average Bonchev–Trinajstić information content (AvgIpc) is 2.34. The van der Waals surface area contributed by atoms with Crippen LogP contribution in [0.4, 0.5) is 0 Å². The highest BCUT2D eigenvalue weighted by Gasteiger charge is 2.11. The Balaban J connectivity index is 2.66. The van der Waals surface area contributed by atoms with Gasteiger partial charge in [0, 0.05) is 24.9 Å². The molecule has 5 heteroatoms. The maximum atomic E-state index is 11.4. The first-order valence-electron chi connectivity index (χ1n) is 6.41. The van der Waals surface area contributed by atoms with Gasteiger partial charge in [-0.2, -0.15) is 0 Å². The minimum Gasteiger partial charge on any atom is -0.309 e. The van der Waals surface area contributed by atoms with Crippen molar-refractivity contribution in [3.05, 3.63) is 29.8 Å². The minimum absolute atomic E-state index is 0.205. The number of nitrogens with one attached hydrogen (secondary N) is 1. The molecule has 1 rings (SSSR count). The lowest BCUT2D eigenvalue weighted by Crippen LogP contribution is -2.36. The molecule has 0 aliphatic rings. The normalized spacial score (nSPS) is 15.5. The second kappa shape index (κ2) is 6.50. The van der Waals surface area contributed by atoms with Crippen LogP contribution in [0.1, 0.15) is 25.5 Å². The molecular formula is C14H24N2O2S. The molecule has 2 atom stereocenters. The molecule has 108 valence electrons. The van der Waals surface area contributed by atoms with Crippen LogP contribution >= 0.6 is 0 Å². The minimum atomic E-state index is -3.11. The second-order valence-electron chi connectivity index (χ2n) is 5.28. The fraction of sp³-hybridized carbons (Fsp3) is 0.571. The van der Waals surface area contributed by atoms with Gasteiger partial charge in [0.1, 0.15) is 0 Å². The molecule has 0 radical (unpaired) electrons. The van der Waals surface area contributed by atoms with Gasteiger partial charge in [-0.1, -0.05) is 12.1 Å². The van der Waals surface area contributed by atoms with E-state index < -0.39 is 9.84 Å². The molecule has 4 nitrogen and oxygen atoms in total. The van der Waals surface area contributed by atoms with Gasteiger partial charge in [-0.25, -0.2) is 8.42 Å². The van der Waals surface area contributed by atoms with E-state index in [2.05, 4.69) is 38.2 Å². The van der Waals surface area contributed by atoms with E-state index in [0.29, 0.717) is 10.9 Å². The van der Waals surface area contributed by atoms with E-state index in [0.717, 1.165) is 12.1 Å². The van der Waals surface area contributed by atoms with Gasteiger partial charge in [-0.3, -0.25) is 0 Å². The third-order valence-electron chi connectivity index (χ3n) is 3.41. The zero-order valence-corrected chi connectivity index (χ0v) is 13.2. The summed E-state index contributed by atoms with van der Waals surface area (Å²) in [5, 5.41) is 3.45. The van der Waals surface area contributed by atoms with E-state index in [1.807, 2.05) is 12.1 Å². The first kappa shape index (κ1) is 16.1. The Labute approximate surface area is 116 Å². The van der Waals surface area contributed by atoms with Crippen molar-refractivity contribution in [3.8, 4) is 0 Å². The van der Waals surface area contributed by atoms with Gasteiger partial charge in [0.15, 0.2) is 9.84 Å². The average molecular weight is 284 g/mol. The summed E-state index contributed by atoms with van der Waals surface area (Å²) in [5.74, 6) is 0. The lowest BCUT2D eigenvalue weighted by atomic mass is 10.1. The third-order valence-corrected chi connectivity index (χ3v) is 4.54. The van der Waals surface area contributed by atoms with E-state index >= 15 is 0 Å². The molecule has 0 saturated carbocycles. The molecule has 0 amide bonds. The van der Waals surface area contributed by atoms with Crippen molar-refractivity contribution < 1.29 is 8.42 Å². The molecule has 1 N–H and O–H groups in total. The van der Waals surface area contributed by atoms with E-state index in [1.54, 1.807) is 12.1 Å². The molecule has 0 saturated heterocycles. The SMILES string of the molecule is CC(NCC(C)N(C)C)c1ccc(S(C)(=O)=O)cc1. The largest absolute Gasteiger partial charge is 0.309 e. The number of likely N-dealkylation sites (N-methyl/N-ethyl adjacent to an activating group) is 1. The molecule has 19 heavy (non-hydrogen) atoms. The summed E-state index contributed by atoms with van der Waals surface area (Å²) < 4.78 is 22.8. The Kier molecular flexibility index (Phi) is 5.52. The van der Waals surface area contributed by atoms with Crippen molar-refractivity contribution in [2.24, 2.45) is 0 Å². The van der Waals surface area contributed by atoms with Gasteiger partial charge >= 0.3 is 0 Å². The summed E-state index contributed by atoms with van der Waals surface area (Å²) in [6.45, 7) is 5.13. The lowest BCUT2D eigenvalue weighted by Gasteiger charge is -2.23. The van der Waals surface area contributed by atoms with Gasteiger partial charge in [-0.05, 0) is 45.6 Å². The molecule has 0 aliphatic carbocycles. The van der Waals surface area contributed by atoms with Crippen molar-refractivity contribution in [1.82, 2.24) is 10.2 Å². The number of nitrogens with zero attached hydrogens (tertiary/aromatic N) is 1. The standard InChI is InChI=1S/C14H24N2O2S/c1-11(16(3)4)10-15-12(2)13-6-8-14(9-7-13)19(5,17)18/h6-9,11-12,15H,10H2,1-5H3. The highest BCUT2D eigenvalue weighted by molar-refractivity contribution is 7.90. The molecule has 1 aromatic carbocycles. The molecule has 0 heterocycles. The van der Waals surface area contributed by atoms with E-state index in [-0.39, 0.29) is 6.04 Å². The van der Waals surface area contributed by atoms with Crippen molar-refractivity contribution in [2.75, 3.05) is 26.9 Å². The predicted molar refractivity (Wildman–Crippen MR) is 79.1 cm³/mol. The Morgan fingerprint density at radius 1 is 1.16 bits per heavy atom. The molecule has 0 aliphatic heterocycles. The van der Waals surface area contributed by atoms with Gasteiger partial charge in [-0.15, -0.1) is 0 Å². The zero-order valence-electron chi connectivity index (χ0n) is 12.3. The molecule has 2 unspecified atom stereocenters. The molecule has 0 bridgehead atoms. The summed E-state index contributed by atoms with van der Waals surface area (Å²) in [7, 11) is 0.998. The van der Waals surface area contributed by atoms with Crippen LogP contribution in [0.3, 0.4) is 0 Å². The maximum absolute atomic E-state index is 11.4. The van der Waals surface area contributed by atoms with E-state index in [1.165, 1.54) is 6.26 Å². The first-order chi connectivity index (χ1) is 8.71. The van der Waals surface area contributed by atoms with Crippen LogP contribution in [-0.2, 0) is 9.84 Å². The molecular weight excluding hydrogens is 260 g/mol. The number of hydrogen-bond acceptors (Lipinski definition) is 4. The highest BCUT2D eigenvalue weighted by Crippen LogP contribution is 2.16. The number of rotatable bonds is 6. The second-order valence-corrected chi connectivity index (χ2v) is 7.30. The number of sulfone groups is 1. The summed E-state index contributed by atoms with van der Waals surface area (Å²) in [5.41, 5.74) is 1.10. The van der Waals surface area contributed by atoms with E-state index in [9.17, 15) is 8.42 Å². The smallest absolute Gasteiger partial charge is 0.175 e. The number of hydrogen-bond donors (Lipinski definition) is 1. The van der Waals surface area contributed by atoms with Crippen LogP contribution < -0.4 is 5.32 Å². The third kappa shape index (κ3) is 4.93. The van der Waals surface area contributed by atoms with Crippen molar-refractivity contribution in [2.45, 2.75) is 30.8 Å². The van der Waals surface area contributed by atoms with Crippen molar-refractivity contribution in [1.29, 1.82) is 0 Å². The molecule has 0 spiro atoms. The van der Waals surface area contributed by atoms with Crippen molar-refractivity contribution >= 4 is 9.84 Å². The Morgan fingerprint density at radius 2 is 1.68 bits per heavy atom. The summed E-state index contributed by atoms with van der Waals surface area (Å²) in [4.78, 5) is 2.53. The van der Waals surface area contributed by atoms with Crippen LogP contribution in [0.5, 0.6) is 0 Å². The maximum Gasteiger partial charge on any atom is 0.175 e. The predicted octanol–water partition coefficient (Wildman–Crippen LogP) is 1.69. The molecule has 0 aromatic heterocycles. The Hall–Kier alpha value is -0.910. The van der Waals surface area contributed by atoms with E-state index in [4.69, 9.17) is 0 Å². The fourth-order valence-corrected chi connectivity index (χ4v) is 2.28. The topological polar surface area (TPSA) is 49.4 Å². The van der Waals surface area contributed by atoms with Crippen LogP contribution in [0, 0.1) is 0 Å². The summed E-state index contributed by atoms with van der Waals surface area (Å²) >= 11 is 0. The Bertz CT molecular complexity index is 495. The van der Waals surface area contributed by atoms with Gasteiger partial charge in [0.2, 0.25) is 0 Å². The fourth-order valence-electron chi connectivity index (χ4n) is 1.65. The zero-order chi connectivity index (χ0) is 14.6. The number of benzene rings is 1. The van der Waals surface area contributed by atoms with Crippen LogP contribution in [0.2, 0.25) is 0 Å². The Morgan fingerprint density at radius 3 is 2.11 bits per heavy atom. The molecule has 1 aromatic rings. The van der Waals surface area contributed by atoms with Crippen molar-refractivity contribution in [3.63, 3.8) is 0 Å². The van der Waals surface area contributed by atoms with Crippen LogP contribution in [-0.4, -0.2) is 46.3 Å². The monoisotopic (exact) mass is 284 g/mol. The van der Waals surface area contributed by atoms with Gasteiger partial charge in [0.25, 0.3) is 0 Å². The first-order valence-corrected chi connectivity index (χ1v) is 8.30. The summed E-state index contributed by atoms with van der Waals surface area (Å²) in [6.07, 6.45) is 1.22. The van der Waals surface area contributed by atoms with Crippen LogP contribution in [0.15, 0.2) is 29.2 Å². The van der Waals surface area contributed by atoms with Gasteiger partial charge < -0.3 is 10.2 Å². The highest BCUT2D eigenvalue weighted by atomic mass is 32.2. The summed E-state index contributed by atoms with van der Waals surface area (Å²) in [6, 6.07) is 7.73.